The number of fused-ring (bicyclic) bond motifs is 1. The van der Waals surface area contributed by atoms with Crippen LogP contribution in [0.15, 0.2) is 33.6 Å². The monoisotopic (exact) mass is 271 g/mol. The first-order valence-electron chi connectivity index (χ1n) is 5.49. The molecule has 0 aromatic heterocycles. The van der Waals surface area contributed by atoms with Gasteiger partial charge in [-0.3, -0.25) is 0 Å². The highest BCUT2D eigenvalue weighted by Crippen LogP contribution is 2.29. The fourth-order valence-electron chi connectivity index (χ4n) is 1.74. The van der Waals surface area contributed by atoms with E-state index >= 15 is 0 Å². The molecule has 1 aliphatic rings. The standard InChI is InChI=1S/C12H14ClNO2S/c1-8(2)10(13)7-11-9-5-3-4-6-12(9)17(15,16)14-11/h3-6,8,10H,7H2,1-2H3. The third-order valence-electron chi connectivity index (χ3n) is 2.82. The average molecular weight is 272 g/mol. The number of hydrogen-bond donors (Lipinski definition) is 0. The summed E-state index contributed by atoms with van der Waals surface area (Å²) in [6.45, 7) is 4.02. The molecule has 17 heavy (non-hydrogen) atoms. The number of hydrogen-bond acceptors (Lipinski definition) is 2. The summed E-state index contributed by atoms with van der Waals surface area (Å²) in [7, 11) is -3.50. The van der Waals surface area contributed by atoms with E-state index in [9.17, 15) is 8.42 Å². The first kappa shape index (κ1) is 12.6. The Morgan fingerprint density at radius 2 is 1.94 bits per heavy atom. The van der Waals surface area contributed by atoms with Gasteiger partial charge in [-0.25, -0.2) is 0 Å². The summed E-state index contributed by atoms with van der Waals surface area (Å²) < 4.78 is 27.4. The zero-order chi connectivity index (χ0) is 12.6. The second kappa shape index (κ2) is 4.42. The molecule has 5 heteroatoms. The first-order chi connectivity index (χ1) is 7.92. The van der Waals surface area contributed by atoms with Gasteiger partial charge in [-0.15, -0.1) is 11.6 Å². The minimum Gasteiger partial charge on any atom is -0.199 e. The molecule has 0 saturated carbocycles. The second-order valence-corrected chi connectivity index (χ2v) is 6.61. The van der Waals surface area contributed by atoms with E-state index < -0.39 is 10.0 Å². The number of sulfonamides is 1. The van der Waals surface area contributed by atoms with Crippen LogP contribution in [0.5, 0.6) is 0 Å². The van der Waals surface area contributed by atoms with Gasteiger partial charge in [-0.1, -0.05) is 32.0 Å². The van der Waals surface area contributed by atoms with E-state index in [-0.39, 0.29) is 11.3 Å². The zero-order valence-electron chi connectivity index (χ0n) is 9.72. The lowest BCUT2D eigenvalue weighted by Gasteiger charge is -2.12. The number of alkyl halides is 1. The quantitative estimate of drug-likeness (QED) is 0.794. The fourth-order valence-corrected chi connectivity index (χ4v) is 3.16. The molecular weight excluding hydrogens is 258 g/mol. The van der Waals surface area contributed by atoms with E-state index in [2.05, 4.69) is 4.40 Å². The highest BCUT2D eigenvalue weighted by atomic mass is 35.5. The molecule has 0 amide bonds. The Bertz CT molecular complexity index is 564. The van der Waals surface area contributed by atoms with Crippen molar-refractivity contribution in [3.8, 4) is 0 Å². The molecule has 1 aliphatic heterocycles. The van der Waals surface area contributed by atoms with Crippen molar-refractivity contribution in [1.82, 2.24) is 0 Å². The van der Waals surface area contributed by atoms with Crippen LogP contribution in [0.2, 0.25) is 0 Å². The van der Waals surface area contributed by atoms with Crippen LogP contribution in [0.1, 0.15) is 25.8 Å². The molecule has 0 aliphatic carbocycles. The van der Waals surface area contributed by atoms with Crippen LogP contribution in [0.3, 0.4) is 0 Å². The van der Waals surface area contributed by atoms with Crippen molar-refractivity contribution >= 4 is 27.3 Å². The molecule has 0 radical (unpaired) electrons. The van der Waals surface area contributed by atoms with Crippen molar-refractivity contribution in [3.63, 3.8) is 0 Å². The highest BCUT2D eigenvalue weighted by molar-refractivity contribution is 7.90. The van der Waals surface area contributed by atoms with Gasteiger partial charge in [0.15, 0.2) is 0 Å². The Morgan fingerprint density at radius 1 is 1.29 bits per heavy atom. The summed E-state index contributed by atoms with van der Waals surface area (Å²) in [5, 5.41) is -0.102. The van der Waals surface area contributed by atoms with Crippen LogP contribution >= 0.6 is 11.6 Å². The Labute approximate surface area is 107 Å². The molecule has 0 bridgehead atoms. The molecule has 0 N–H and O–H groups in total. The van der Waals surface area contributed by atoms with Gasteiger partial charge in [0.05, 0.1) is 10.6 Å². The van der Waals surface area contributed by atoms with Crippen molar-refractivity contribution in [2.75, 3.05) is 0 Å². The molecule has 92 valence electrons. The molecule has 2 rings (SSSR count). The molecular formula is C12H14ClNO2S. The summed E-state index contributed by atoms with van der Waals surface area (Å²) >= 11 is 6.18. The highest BCUT2D eigenvalue weighted by Gasteiger charge is 2.29. The summed E-state index contributed by atoms with van der Waals surface area (Å²) in [5.41, 5.74) is 1.27. The van der Waals surface area contributed by atoms with Crippen LogP contribution in [0.4, 0.5) is 0 Å². The van der Waals surface area contributed by atoms with Crippen LogP contribution in [0, 0.1) is 5.92 Å². The lowest BCUT2D eigenvalue weighted by Crippen LogP contribution is -2.13. The number of nitrogens with zero attached hydrogens (tertiary/aromatic N) is 1. The summed E-state index contributed by atoms with van der Waals surface area (Å²) in [6, 6.07) is 6.88. The van der Waals surface area contributed by atoms with E-state index in [1.165, 1.54) is 0 Å². The van der Waals surface area contributed by atoms with Crippen molar-refractivity contribution in [1.29, 1.82) is 0 Å². The number of benzene rings is 1. The van der Waals surface area contributed by atoms with Gasteiger partial charge in [0, 0.05) is 17.4 Å². The smallest absolute Gasteiger partial charge is 0.199 e. The van der Waals surface area contributed by atoms with Gasteiger partial charge in [0.25, 0.3) is 10.0 Å². The maximum Gasteiger partial charge on any atom is 0.283 e. The normalized spacial score (nSPS) is 18.9. The van der Waals surface area contributed by atoms with E-state index in [0.717, 1.165) is 0 Å². The van der Waals surface area contributed by atoms with E-state index in [4.69, 9.17) is 11.6 Å². The maximum absolute atomic E-state index is 11.8. The molecule has 1 unspecified atom stereocenters. The van der Waals surface area contributed by atoms with Gasteiger partial charge < -0.3 is 0 Å². The summed E-state index contributed by atoms with van der Waals surface area (Å²) in [5.74, 6) is 0.287. The molecule has 1 aromatic rings. The van der Waals surface area contributed by atoms with Crippen LogP contribution in [-0.4, -0.2) is 19.5 Å². The van der Waals surface area contributed by atoms with E-state index in [1.807, 2.05) is 19.9 Å². The van der Waals surface area contributed by atoms with Gasteiger partial charge in [0.2, 0.25) is 0 Å². The minimum absolute atomic E-state index is 0.102. The number of rotatable bonds is 3. The molecule has 0 spiro atoms. The van der Waals surface area contributed by atoms with Gasteiger partial charge in [-0.2, -0.15) is 12.8 Å². The SMILES string of the molecule is CC(C)C(Cl)CC1=NS(=O)(=O)c2ccccc21. The average Bonchev–Trinajstić information content (AvgIpc) is 2.51. The van der Waals surface area contributed by atoms with Crippen molar-refractivity contribution in [2.24, 2.45) is 10.3 Å². The Balaban J connectivity index is 2.39. The summed E-state index contributed by atoms with van der Waals surface area (Å²) in [6.07, 6.45) is 0.482. The fraction of sp³-hybridized carbons (Fsp3) is 0.417. The van der Waals surface area contributed by atoms with Crippen LogP contribution in [-0.2, 0) is 10.0 Å². The van der Waals surface area contributed by atoms with Crippen molar-refractivity contribution < 1.29 is 8.42 Å². The third kappa shape index (κ3) is 2.38. The zero-order valence-corrected chi connectivity index (χ0v) is 11.3. The molecule has 1 atom stereocenters. The lowest BCUT2D eigenvalue weighted by atomic mass is 10.0. The summed E-state index contributed by atoms with van der Waals surface area (Å²) in [4.78, 5) is 0.294. The Kier molecular flexibility index (Phi) is 3.27. The van der Waals surface area contributed by atoms with Gasteiger partial charge in [0.1, 0.15) is 0 Å². The lowest BCUT2D eigenvalue weighted by molar-refractivity contribution is 0.599. The Hall–Kier alpha value is -0.870. The minimum atomic E-state index is -3.50. The molecule has 0 fully saturated rings. The predicted molar refractivity (Wildman–Crippen MR) is 69.3 cm³/mol. The van der Waals surface area contributed by atoms with E-state index in [1.54, 1.807) is 18.2 Å². The topological polar surface area (TPSA) is 46.5 Å². The van der Waals surface area contributed by atoms with Gasteiger partial charge >= 0.3 is 0 Å². The third-order valence-corrected chi connectivity index (χ3v) is 4.85. The second-order valence-electron chi connectivity index (χ2n) is 4.47. The van der Waals surface area contributed by atoms with Crippen molar-refractivity contribution in [2.45, 2.75) is 30.5 Å². The number of halogens is 1. The van der Waals surface area contributed by atoms with Crippen LogP contribution in [0.25, 0.3) is 0 Å². The molecule has 1 aromatic carbocycles. The maximum atomic E-state index is 11.8. The van der Waals surface area contributed by atoms with Gasteiger partial charge in [-0.05, 0) is 12.0 Å². The molecule has 3 nitrogen and oxygen atoms in total. The first-order valence-corrected chi connectivity index (χ1v) is 7.37. The Morgan fingerprint density at radius 3 is 2.59 bits per heavy atom. The predicted octanol–water partition coefficient (Wildman–Crippen LogP) is 2.83. The van der Waals surface area contributed by atoms with Crippen LogP contribution < -0.4 is 0 Å². The largest absolute Gasteiger partial charge is 0.283 e. The molecule has 1 heterocycles. The van der Waals surface area contributed by atoms with E-state index in [0.29, 0.717) is 22.6 Å². The molecule has 0 saturated heterocycles. The van der Waals surface area contributed by atoms with Crippen molar-refractivity contribution in [3.05, 3.63) is 29.8 Å².